The van der Waals surface area contributed by atoms with Gasteiger partial charge >= 0.3 is 6.03 Å². The third kappa shape index (κ3) is 4.98. The minimum Gasteiger partial charge on any atom is -0.396 e. The van der Waals surface area contributed by atoms with Crippen molar-refractivity contribution in [2.24, 2.45) is 0 Å². The standard InChI is InChI=1S/C16H25N3O3/c1-13(19-8-11-22-12-9-19)14-3-5-15(6-4-14)18-16(21)17-7-2-10-20/h3-6,13,20H,2,7-12H2,1H3,(H2,17,18,21). The van der Waals surface area contributed by atoms with Gasteiger partial charge in [-0.3, -0.25) is 4.90 Å². The zero-order valence-corrected chi connectivity index (χ0v) is 13.0. The molecule has 0 spiro atoms. The molecular weight excluding hydrogens is 282 g/mol. The summed E-state index contributed by atoms with van der Waals surface area (Å²) in [4.78, 5) is 14.0. The summed E-state index contributed by atoms with van der Waals surface area (Å²) in [6, 6.07) is 8.02. The van der Waals surface area contributed by atoms with Crippen LogP contribution in [0.15, 0.2) is 24.3 Å². The van der Waals surface area contributed by atoms with Crippen LogP contribution in [-0.2, 0) is 4.74 Å². The highest BCUT2D eigenvalue weighted by Gasteiger charge is 2.18. The summed E-state index contributed by atoms with van der Waals surface area (Å²) in [6.07, 6.45) is 0.559. The number of benzene rings is 1. The molecule has 122 valence electrons. The third-order valence-corrected chi connectivity index (χ3v) is 3.86. The summed E-state index contributed by atoms with van der Waals surface area (Å²) in [5.41, 5.74) is 1.99. The van der Waals surface area contributed by atoms with Crippen LogP contribution in [0.4, 0.5) is 10.5 Å². The van der Waals surface area contributed by atoms with Crippen LogP contribution in [0.5, 0.6) is 0 Å². The number of carbonyl (C=O) groups is 1. The van der Waals surface area contributed by atoms with Crippen molar-refractivity contribution < 1.29 is 14.6 Å². The first-order valence-electron chi connectivity index (χ1n) is 7.78. The predicted octanol–water partition coefficient (Wildman–Crippen LogP) is 1.58. The molecule has 0 saturated carbocycles. The number of aliphatic hydroxyl groups is 1. The van der Waals surface area contributed by atoms with Crippen LogP contribution in [0, 0.1) is 0 Å². The lowest BCUT2D eigenvalue weighted by atomic mass is 10.1. The van der Waals surface area contributed by atoms with E-state index >= 15 is 0 Å². The van der Waals surface area contributed by atoms with Crippen molar-refractivity contribution in [3.63, 3.8) is 0 Å². The summed E-state index contributed by atoms with van der Waals surface area (Å²) >= 11 is 0. The van der Waals surface area contributed by atoms with Crippen molar-refractivity contribution in [2.45, 2.75) is 19.4 Å². The first-order valence-corrected chi connectivity index (χ1v) is 7.78. The number of urea groups is 1. The second-order valence-electron chi connectivity index (χ2n) is 5.40. The Bertz CT molecular complexity index is 458. The maximum absolute atomic E-state index is 11.6. The van der Waals surface area contributed by atoms with E-state index in [2.05, 4.69) is 22.5 Å². The lowest BCUT2D eigenvalue weighted by molar-refractivity contribution is 0.0198. The van der Waals surface area contributed by atoms with Gasteiger partial charge in [0.1, 0.15) is 0 Å². The van der Waals surface area contributed by atoms with Gasteiger partial charge in [0, 0.05) is 38.0 Å². The molecule has 2 rings (SSSR count). The van der Waals surface area contributed by atoms with Gasteiger partial charge in [-0.05, 0) is 31.0 Å². The fourth-order valence-corrected chi connectivity index (χ4v) is 2.48. The first kappa shape index (κ1) is 16.7. The molecule has 1 fully saturated rings. The second kappa shape index (κ2) is 8.73. The number of carbonyl (C=O) groups excluding carboxylic acids is 1. The van der Waals surface area contributed by atoms with Gasteiger partial charge < -0.3 is 20.5 Å². The van der Waals surface area contributed by atoms with Crippen LogP contribution >= 0.6 is 0 Å². The second-order valence-corrected chi connectivity index (χ2v) is 5.40. The van der Waals surface area contributed by atoms with Gasteiger partial charge in [0.05, 0.1) is 13.2 Å². The number of ether oxygens (including phenoxy) is 1. The Balaban J connectivity index is 1.85. The molecule has 0 aliphatic carbocycles. The maximum Gasteiger partial charge on any atom is 0.319 e. The van der Waals surface area contributed by atoms with Gasteiger partial charge in [0.15, 0.2) is 0 Å². The normalized spacial score (nSPS) is 17.0. The van der Waals surface area contributed by atoms with Gasteiger partial charge in [0.25, 0.3) is 0 Å². The van der Waals surface area contributed by atoms with Crippen molar-refractivity contribution in [1.82, 2.24) is 10.2 Å². The molecule has 1 aromatic rings. The maximum atomic E-state index is 11.6. The number of rotatable bonds is 6. The van der Waals surface area contributed by atoms with Gasteiger partial charge in [-0.1, -0.05) is 12.1 Å². The molecule has 2 amide bonds. The van der Waals surface area contributed by atoms with Crippen LogP contribution in [0.25, 0.3) is 0 Å². The van der Waals surface area contributed by atoms with E-state index in [0.29, 0.717) is 19.0 Å². The van der Waals surface area contributed by atoms with E-state index in [0.717, 1.165) is 32.0 Å². The topological polar surface area (TPSA) is 73.8 Å². The summed E-state index contributed by atoms with van der Waals surface area (Å²) in [5.74, 6) is 0. The van der Waals surface area contributed by atoms with E-state index in [9.17, 15) is 4.79 Å². The SMILES string of the molecule is CC(c1ccc(NC(=O)NCCCO)cc1)N1CCOCC1. The summed E-state index contributed by atoms with van der Waals surface area (Å²) in [6.45, 7) is 6.22. The molecule has 1 aromatic carbocycles. The molecule has 1 heterocycles. The lowest BCUT2D eigenvalue weighted by Gasteiger charge is -2.32. The van der Waals surface area contributed by atoms with Crippen molar-refractivity contribution in [1.29, 1.82) is 0 Å². The molecule has 1 atom stereocenters. The van der Waals surface area contributed by atoms with Gasteiger partial charge in [-0.2, -0.15) is 0 Å². The van der Waals surface area contributed by atoms with Gasteiger partial charge in [-0.15, -0.1) is 0 Å². The highest BCUT2D eigenvalue weighted by molar-refractivity contribution is 5.89. The minimum absolute atomic E-state index is 0.0778. The number of nitrogens with zero attached hydrogens (tertiary/aromatic N) is 1. The molecule has 1 saturated heterocycles. The molecule has 1 aliphatic rings. The quantitative estimate of drug-likeness (QED) is 0.698. The van der Waals surface area contributed by atoms with Crippen LogP contribution in [-0.4, -0.2) is 55.5 Å². The van der Waals surface area contributed by atoms with Crippen molar-refractivity contribution in [3.8, 4) is 0 Å². The smallest absolute Gasteiger partial charge is 0.319 e. The Hall–Kier alpha value is -1.63. The molecule has 6 heteroatoms. The largest absolute Gasteiger partial charge is 0.396 e. The van der Waals surface area contributed by atoms with Gasteiger partial charge in [0.2, 0.25) is 0 Å². The predicted molar refractivity (Wildman–Crippen MR) is 86.0 cm³/mol. The lowest BCUT2D eigenvalue weighted by Crippen LogP contribution is -2.38. The molecule has 22 heavy (non-hydrogen) atoms. The molecule has 6 nitrogen and oxygen atoms in total. The number of morpholine rings is 1. The van der Waals surface area contributed by atoms with E-state index in [-0.39, 0.29) is 12.6 Å². The van der Waals surface area contributed by atoms with E-state index in [1.54, 1.807) is 0 Å². The monoisotopic (exact) mass is 307 g/mol. The highest BCUT2D eigenvalue weighted by Crippen LogP contribution is 2.22. The molecule has 0 radical (unpaired) electrons. The summed E-state index contributed by atoms with van der Waals surface area (Å²) in [5, 5.41) is 14.1. The summed E-state index contributed by atoms with van der Waals surface area (Å²) in [7, 11) is 0. The molecule has 1 unspecified atom stereocenters. The first-order chi connectivity index (χ1) is 10.7. The Labute approximate surface area is 131 Å². The zero-order valence-electron chi connectivity index (χ0n) is 13.0. The Kier molecular flexibility index (Phi) is 6.64. The number of hydrogen-bond acceptors (Lipinski definition) is 4. The Morgan fingerprint density at radius 2 is 2.00 bits per heavy atom. The average Bonchev–Trinajstić information content (AvgIpc) is 2.56. The fraction of sp³-hybridized carbons (Fsp3) is 0.562. The third-order valence-electron chi connectivity index (χ3n) is 3.86. The average molecular weight is 307 g/mol. The number of anilines is 1. The van der Waals surface area contributed by atoms with Crippen molar-refractivity contribution in [3.05, 3.63) is 29.8 Å². The van der Waals surface area contributed by atoms with Crippen LogP contribution in [0.2, 0.25) is 0 Å². The number of amides is 2. The summed E-state index contributed by atoms with van der Waals surface area (Å²) < 4.78 is 5.38. The molecular formula is C16H25N3O3. The van der Waals surface area contributed by atoms with Crippen LogP contribution < -0.4 is 10.6 Å². The minimum atomic E-state index is -0.248. The van der Waals surface area contributed by atoms with E-state index in [1.165, 1.54) is 5.56 Å². The number of hydrogen-bond donors (Lipinski definition) is 3. The molecule has 1 aliphatic heterocycles. The van der Waals surface area contributed by atoms with Crippen LogP contribution in [0.1, 0.15) is 24.9 Å². The van der Waals surface area contributed by atoms with Crippen molar-refractivity contribution >= 4 is 11.7 Å². The van der Waals surface area contributed by atoms with Crippen LogP contribution in [0.3, 0.4) is 0 Å². The Morgan fingerprint density at radius 1 is 1.32 bits per heavy atom. The van der Waals surface area contributed by atoms with Crippen molar-refractivity contribution in [2.75, 3.05) is 44.8 Å². The molecule has 0 aromatic heterocycles. The van der Waals surface area contributed by atoms with E-state index in [1.807, 2.05) is 24.3 Å². The number of nitrogens with one attached hydrogen (secondary N) is 2. The van der Waals surface area contributed by atoms with Gasteiger partial charge in [-0.25, -0.2) is 4.79 Å². The fourth-order valence-electron chi connectivity index (χ4n) is 2.48. The Morgan fingerprint density at radius 3 is 2.64 bits per heavy atom. The van der Waals surface area contributed by atoms with E-state index < -0.39 is 0 Å². The number of aliphatic hydroxyl groups excluding tert-OH is 1. The zero-order chi connectivity index (χ0) is 15.8. The molecule has 3 N–H and O–H groups in total. The highest BCUT2D eigenvalue weighted by atomic mass is 16.5. The van der Waals surface area contributed by atoms with E-state index in [4.69, 9.17) is 9.84 Å². The molecule has 0 bridgehead atoms.